The van der Waals surface area contributed by atoms with Gasteiger partial charge in [-0.05, 0) is 29.8 Å². The third-order valence-electron chi connectivity index (χ3n) is 4.88. The number of anilines is 2. The average molecular weight is 438 g/mol. The minimum absolute atomic E-state index is 0.0786. The zero-order chi connectivity index (χ0) is 19.3. The molecule has 1 aliphatic rings. The first-order valence-electron chi connectivity index (χ1n) is 9.18. The average Bonchev–Trinajstić information content (AvgIpc) is 2.76. The van der Waals surface area contributed by atoms with E-state index in [9.17, 15) is 4.79 Å². The first-order valence-corrected chi connectivity index (χ1v) is 9.97. The molecule has 0 aliphatic carbocycles. The van der Waals surface area contributed by atoms with Crippen LogP contribution in [-0.4, -0.2) is 46.9 Å². The van der Waals surface area contributed by atoms with Crippen LogP contribution in [0.5, 0.6) is 0 Å². The molecule has 0 unspecified atom stereocenters. The molecule has 0 radical (unpaired) electrons. The summed E-state index contributed by atoms with van der Waals surface area (Å²) >= 11 is 3.57. The molecule has 0 saturated carbocycles. The number of hydrogen-bond acceptors (Lipinski definition) is 6. The van der Waals surface area contributed by atoms with E-state index in [2.05, 4.69) is 46.7 Å². The third kappa shape index (κ3) is 4.20. The standard InChI is InChI=1S/C21H20BrN5O/c22-18-4-3-16(12-20(28)17-2-1-5-23-14-17)19(13-18)26-8-10-27(11-9-26)21-15-24-6-7-25-21/h1-7,13-15H,8-12H2. The Morgan fingerprint density at radius 1 is 0.964 bits per heavy atom. The lowest BCUT2D eigenvalue weighted by atomic mass is 10.0. The molecule has 142 valence electrons. The maximum Gasteiger partial charge on any atom is 0.168 e. The third-order valence-corrected chi connectivity index (χ3v) is 5.37. The highest BCUT2D eigenvalue weighted by Crippen LogP contribution is 2.28. The monoisotopic (exact) mass is 437 g/mol. The van der Waals surface area contributed by atoms with Crippen molar-refractivity contribution in [2.24, 2.45) is 0 Å². The van der Waals surface area contributed by atoms with Crippen molar-refractivity contribution in [3.05, 3.63) is 76.9 Å². The fraction of sp³-hybridized carbons (Fsp3) is 0.238. The molecule has 7 heteroatoms. The molecule has 0 spiro atoms. The Kier molecular flexibility index (Phi) is 5.62. The Morgan fingerprint density at radius 2 is 1.75 bits per heavy atom. The molecular formula is C21H20BrN5O. The highest BCUT2D eigenvalue weighted by atomic mass is 79.9. The van der Waals surface area contributed by atoms with E-state index in [1.54, 1.807) is 37.1 Å². The first kappa shape index (κ1) is 18.6. The van der Waals surface area contributed by atoms with Crippen molar-refractivity contribution < 1.29 is 4.79 Å². The normalized spacial score (nSPS) is 14.2. The van der Waals surface area contributed by atoms with Gasteiger partial charge in [0.05, 0.1) is 6.20 Å². The number of rotatable bonds is 5. The SMILES string of the molecule is O=C(Cc1ccc(Br)cc1N1CCN(c2cnccn2)CC1)c1cccnc1. The van der Waals surface area contributed by atoms with Gasteiger partial charge >= 0.3 is 0 Å². The molecule has 1 saturated heterocycles. The van der Waals surface area contributed by atoms with Crippen molar-refractivity contribution in [3.8, 4) is 0 Å². The van der Waals surface area contributed by atoms with Crippen LogP contribution in [0.2, 0.25) is 0 Å². The summed E-state index contributed by atoms with van der Waals surface area (Å²) in [4.78, 5) is 29.9. The van der Waals surface area contributed by atoms with Gasteiger partial charge < -0.3 is 9.80 Å². The van der Waals surface area contributed by atoms with Crippen molar-refractivity contribution in [1.29, 1.82) is 0 Å². The molecule has 2 aromatic heterocycles. The molecule has 1 fully saturated rings. The number of nitrogens with zero attached hydrogens (tertiary/aromatic N) is 5. The summed E-state index contributed by atoms with van der Waals surface area (Å²) in [6.45, 7) is 3.45. The number of carbonyl (C=O) groups excluding carboxylic acids is 1. The quantitative estimate of drug-likeness (QED) is 0.570. The Bertz CT molecular complexity index is 944. The van der Waals surface area contributed by atoms with Crippen LogP contribution in [0.4, 0.5) is 11.5 Å². The van der Waals surface area contributed by atoms with E-state index in [1.165, 1.54) is 0 Å². The second-order valence-corrected chi connectivity index (χ2v) is 7.57. The summed E-state index contributed by atoms with van der Waals surface area (Å²) in [5, 5.41) is 0. The molecule has 0 bridgehead atoms. The van der Waals surface area contributed by atoms with Gasteiger partial charge in [-0.25, -0.2) is 4.98 Å². The molecule has 4 rings (SSSR count). The fourth-order valence-electron chi connectivity index (χ4n) is 3.41. The fourth-order valence-corrected chi connectivity index (χ4v) is 3.76. The lowest BCUT2D eigenvalue weighted by Crippen LogP contribution is -2.47. The molecule has 6 nitrogen and oxygen atoms in total. The maximum absolute atomic E-state index is 12.7. The van der Waals surface area contributed by atoms with Crippen molar-refractivity contribution >= 4 is 33.2 Å². The Labute approximate surface area is 172 Å². The van der Waals surface area contributed by atoms with Crippen molar-refractivity contribution in [3.63, 3.8) is 0 Å². The van der Waals surface area contributed by atoms with Crippen LogP contribution in [0.3, 0.4) is 0 Å². The molecule has 28 heavy (non-hydrogen) atoms. The van der Waals surface area contributed by atoms with Crippen molar-refractivity contribution in [2.45, 2.75) is 6.42 Å². The van der Waals surface area contributed by atoms with Gasteiger partial charge in [-0.2, -0.15) is 0 Å². The number of benzene rings is 1. The second kappa shape index (κ2) is 8.48. The topological polar surface area (TPSA) is 62.2 Å². The van der Waals surface area contributed by atoms with E-state index >= 15 is 0 Å². The van der Waals surface area contributed by atoms with Crippen LogP contribution >= 0.6 is 15.9 Å². The van der Waals surface area contributed by atoms with E-state index in [1.807, 2.05) is 18.2 Å². The highest BCUT2D eigenvalue weighted by Gasteiger charge is 2.21. The molecule has 0 amide bonds. The van der Waals surface area contributed by atoms with Gasteiger partial charge in [-0.3, -0.25) is 14.8 Å². The minimum atomic E-state index is 0.0786. The molecule has 1 aromatic carbocycles. The zero-order valence-corrected chi connectivity index (χ0v) is 16.9. The van der Waals surface area contributed by atoms with Crippen LogP contribution in [0.1, 0.15) is 15.9 Å². The van der Waals surface area contributed by atoms with Crippen LogP contribution < -0.4 is 9.80 Å². The van der Waals surface area contributed by atoms with Crippen molar-refractivity contribution in [1.82, 2.24) is 15.0 Å². The van der Waals surface area contributed by atoms with Gasteiger partial charge in [-0.1, -0.05) is 22.0 Å². The van der Waals surface area contributed by atoms with E-state index in [0.717, 1.165) is 47.7 Å². The van der Waals surface area contributed by atoms with Gasteiger partial charge in [-0.15, -0.1) is 0 Å². The maximum atomic E-state index is 12.7. The number of aromatic nitrogens is 3. The van der Waals surface area contributed by atoms with Crippen LogP contribution in [0.25, 0.3) is 0 Å². The van der Waals surface area contributed by atoms with E-state index in [0.29, 0.717) is 12.0 Å². The Balaban J connectivity index is 1.50. The van der Waals surface area contributed by atoms with Gasteiger partial charge in [0, 0.05) is 73.1 Å². The minimum Gasteiger partial charge on any atom is -0.368 e. The van der Waals surface area contributed by atoms with Crippen LogP contribution in [-0.2, 0) is 6.42 Å². The zero-order valence-electron chi connectivity index (χ0n) is 15.3. The van der Waals surface area contributed by atoms with Gasteiger partial charge in [0.2, 0.25) is 0 Å². The lowest BCUT2D eigenvalue weighted by molar-refractivity contribution is 0.0992. The molecule has 0 N–H and O–H groups in total. The van der Waals surface area contributed by atoms with Crippen molar-refractivity contribution in [2.75, 3.05) is 36.0 Å². The van der Waals surface area contributed by atoms with E-state index in [-0.39, 0.29) is 5.78 Å². The number of carbonyl (C=O) groups is 1. The first-order chi connectivity index (χ1) is 13.7. The number of hydrogen-bond donors (Lipinski definition) is 0. The van der Waals surface area contributed by atoms with Crippen LogP contribution in [0.15, 0.2) is 65.8 Å². The summed E-state index contributed by atoms with van der Waals surface area (Å²) in [5.74, 6) is 0.984. The number of piperazine rings is 1. The summed E-state index contributed by atoms with van der Waals surface area (Å²) in [7, 11) is 0. The molecular weight excluding hydrogens is 418 g/mol. The van der Waals surface area contributed by atoms with E-state index in [4.69, 9.17) is 0 Å². The predicted octanol–water partition coefficient (Wildman–Crippen LogP) is 3.39. The highest BCUT2D eigenvalue weighted by molar-refractivity contribution is 9.10. The summed E-state index contributed by atoms with van der Waals surface area (Å²) < 4.78 is 1.01. The number of ketones is 1. The molecule has 1 aliphatic heterocycles. The second-order valence-electron chi connectivity index (χ2n) is 6.65. The smallest absolute Gasteiger partial charge is 0.168 e. The van der Waals surface area contributed by atoms with Crippen LogP contribution in [0, 0.1) is 0 Å². The molecule has 3 heterocycles. The Morgan fingerprint density at radius 3 is 2.46 bits per heavy atom. The van der Waals surface area contributed by atoms with E-state index < -0.39 is 0 Å². The number of pyridine rings is 1. The Hall–Kier alpha value is -2.80. The largest absolute Gasteiger partial charge is 0.368 e. The number of halogens is 1. The van der Waals surface area contributed by atoms with Gasteiger partial charge in [0.15, 0.2) is 5.78 Å². The summed E-state index contributed by atoms with van der Waals surface area (Å²) in [6.07, 6.45) is 8.87. The lowest BCUT2D eigenvalue weighted by Gasteiger charge is -2.37. The molecule has 3 aromatic rings. The predicted molar refractivity (Wildman–Crippen MR) is 113 cm³/mol. The summed E-state index contributed by atoms with van der Waals surface area (Å²) in [6, 6.07) is 9.73. The van der Waals surface area contributed by atoms with Gasteiger partial charge in [0.1, 0.15) is 5.82 Å². The van der Waals surface area contributed by atoms with Gasteiger partial charge in [0.25, 0.3) is 0 Å². The number of Topliss-reactive ketones (excluding diaryl/α,β-unsaturated/α-hetero) is 1. The molecule has 0 atom stereocenters. The summed E-state index contributed by atoms with van der Waals surface area (Å²) in [5.41, 5.74) is 2.78.